The molecule has 0 radical (unpaired) electrons. The molecule has 3 N–H and O–H groups in total. The largest absolute Gasteiger partial charge is 0.465 e. The van der Waals surface area contributed by atoms with Crippen molar-refractivity contribution in [3.8, 4) is 0 Å². The second kappa shape index (κ2) is 6.03. The zero-order valence-electron chi connectivity index (χ0n) is 12.7. The molecular weight excluding hydrogens is 284 g/mol. The quantitative estimate of drug-likeness (QED) is 0.907. The highest BCUT2D eigenvalue weighted by molar-refractivity contribution is 7.17. The third kappa shape index (κ3) is 3.74. The van der Waals surface area contributed by atoms with Crippen LogP contribution in [0.25, 0.3) is 10.1 Å². The lowest BCUT2D eigenvalue weighted by Gasteiger charge is -2.35. The molecule has 4 nitrogen and oxygen atoms in total. The average molecular weight is 306 g/mol. The summed E-state index contributed by atoms with van der Waals surface area (Å²) in [5.41, 5.74) is 6.94. The van der Waals surface area contributed by atoms with E-state index in [2.05, 4.69) is 17.5 Å². The Morgan fingerprint density at radius 3 is 2.67 bits per heavy atom. The minimum absolute atomic E-state index is 0.210. The summed E-state index contributed by atoms with van der Waals surface area (Å²) in [7, 11) is 0. The smallest absolute Gasteiger partial charge is 0.407 e. The molecule has 1 heterocycles. The molecule has 114 valence electrons. The van der Waals surface area contributed by atoms with Gasteiger partial charge in [-0.3, -0.25) is 0 Å². The first-order valence-electron chi connectivity index (χ1n) is 7.00. The average Bonchev–Trinajstić information content (AvgIpc) is 2.78. The first kappa shape index (κ1) is 15.8. The van der Waals surface area contributed by atoms with Crippen molar-refractivity contribution < 1.29 is 9.90 Å². The number of thiophene rings is 1. The Morgan fingerprint density at radius 2 is 2.05 bits per heavy atom. The normalized spacial score (nSPS) is 13.3. The number of benzene rings is 1. The SMILES string of the molecule is CC(C)(C)N(C[C@H](N)Cc1csc2ccccc12)C(=O)O. The molecule has 0 aliphatic rings. The van der Waals surface area contributed by atoms with Crippen LogP contribution in [-0.2, 0) is 6.42 Å². The number of hydrogen-bond donors (Lipinski definition) is 2. The maximum absolute atomic E-state index is 11.4. The summed E-state index contributed by atoms with van der Waals surface area (Å²) in [4.78, 5) is 12.8. The summed E-state index contributed by atoms with van der Waals surface area (Å²) in [6.07, 6.45) is -0.239. The van der Waals surface area contributed by atoms with E-state index in [1.807, 2.05) is 32.9 Å². The topological polar surface area (TPSA) is 66.6 Å². The molecule has 0 fully saturated rings. The van der Waals surface area contributed by atoms with Crippen LogP contribution in [-0.4, -0.2) is 34.2 Å². The number of rotatable bonds is 4. The van der Waals surface area contributed by atoms with E-state index in [0.29, 0.717) is 13.0 Å². The van der Waals surface area contributed by atoms with Crippen LogP contribution in [0.1, 0.15) is 26.3 Å². The summed E-state index contributed by atoms with van der Waals surface area (Å²) < 4.78 is 1.24. The predicted octanol–water partition coefficient (Wildman–Crippen LogP) is 3.55. The molecule has 5 heteroatoms. The van der Waals surface area contributed by atoms with Gasteiger partial charge in [0.1, 0.15) is 0 Å². The van der Waals surface area contributed by atoms with Gasteiger partial charge in [0.15, 0.2) is 0 Å². The number of fused-ring (bicyclic) bond motifs is 1. The molecule has 1 aromatic heterocycles. The van der Waals surface area contributed by atoms with Crippen molar-refractivity contribution in [3.05, 3.63) is 35.2 Å². The molecule has 0 spiro atoms. The van der Waals surface area contributed by atoms with Gasteiger partial charge in [-0.2, -0.15) is 0 Å². The molecule has 1 atom stereocenters. The Balaban J connectivity index is 2.11. The summed E-state index contributed by atoms with van der Waals surface area (Å²) >= 11 is 1.70. The maximum atomic E-state index is 11.4. The first-order valence-corrected chi connectivity index (χ1v) is 7.88. The van der Waals surface area contributed by atoms with E-state index < -0.39 is 11.6 Å². The number of amides is 1. The molecule has 0 saturated carbocycles. The Morgan fingerprint density at radius 1 is 1.38 bits per heavy atom. The van der Waals surface area contributed by atoms with E-state index in [1.165, 1.54) is 20.5 Å². The number of carbonyl (C=O) groups is 1. The fourth-order valence-electron chi connectivity index (χ4n) is 2.41. The van der Waals surface area contributed by atoms with E-state index in [1.54, 1.807) is 11.3 Å². The molecule has 0 saturated heterocycles. The fraction of sp³-hybridized carbons (Fsp3) is 0.438. The third-order valence-electron chi connectivity index (χ3n) is 3.50. The van der Waals surface area contributed by atoms with Crippen molar-refractivity contribution >= 4 is 27.5 Å². The van der Waals surface area contributed by atoms with Crippen LogP contribution >= 0.6 is 11.3 Å². The van der Waals surface area contributed by atoms with Crippen LogP contribution < -0.4 is 5.73 Å². The van der Waals surface area contributed by atoms with Crippen molar-refractivity contribution in [1.82, 2.24) is 4.90 Å². The van der Waals surface area contributed by atoms with Crippen molar-refractivity contribution in [2.75, 3.05) is 6.54 Å². The molecular formula is C16H22N2O2S. The fourth-order valence-corrected chi connectivity index (χ4v) is 3.39. The standard InChI is InChI=1S/C16H22N2O2S/c1-16(2,3)18(15(19)20)9-12(17)8-11-10-21-14-7-5-4-6-13(11)14/h4-7,10,12H,8-9,17H2,1-3H3,(H,19,20)/t12-/m1/s1. The molecule has 2 rings (SSSR count). The van der Waals surface area contributed by atoms with Gasteiger partial charge in [-0.1, -0.05) is 18.2 Å². The van der Waals surface area contributed by atoms with Crippen LogP contribution in [0.15, 0.2) is 29.6 Å². The highest BCUT2D eigenvalue weighted by Crippen LogP contribution is 2.26. The van der Waals surface area contributed by atoms with E-state index in [-0.39, 0.29) is 6.04 Å². The zero-order valence-corrected chi connectivity index (χ0v) is 13.5. The van der Waals surface area contributed by atoms with E-state index in [0.717, 1.165) is 0 Å². The third-order valence-corrected chi connectivity index (χ3v) is 4.51. The molecule has 1 amide bonds. The van der Waals surface area contributed by atoms with Crippen LogP contribution in [0.3, 0.4) is 0 Å². The molecule has 0 unspecified atom stereocenters. The minimum atomic E-state index is -0.923. The van der Waals surface area contributed by atoms with Crippen LogP contribution in [0.2, 0.25) is 0 Å². The van der Waals surface area contributed by atoms with Gasteiger partial charge in [-0.25, -0.2) is 4.79 Å². The Bertz CT molecular complexity index is 630. The Labute approximate surface area is 129 Å². The van der Waals surface area contributed by atoms with E-state index >= 15 is 0 Å². The Kier molecular flexibility index (Phi) is 4.54. The number of nitrogens with two attached hydrogens (primary N) is 1. The molecule has 0 aliphatic heterocycles. The van der Waals surface area contributed by atoms with E-state index in [4.69, 9.17) is 5.73 Å². The summed E-state index contributed by atoms with van der Waals surface area (Å²) in [5.74, 6) is 0. The highest BCUT2D eigenvalue weighted by atomic mass is 32.1. The molecule has 0 bridgehead atoms. The monoisotopic (exact) mass is 306 g/mol. The molecule has 1 aromatic carbocycles. The molecule has 0 aliphatic carbocycles. The number of hydrogen-bond acceptors (Lipinski definition) is 3. The first-order chi connectivity index (χ1) is 9.79. The maximum Gasteiger partial charge on any atom is 0.407 e. The summed E-state index contributed by atoms with van der Waals surface area (Å²) in [6.45, 7) is 5.98. The van der Waals surface area contributed by atoms with Gasteiger partial charge in [0.25, 0.3) is 0 Å². The van der Waals surface area contributed by atoms with Crippen LogP contribution in [0, 0.1) is 0 Å². The van der Waals surface area contributed by atoms with Crippen molar-refractivity contribution in [1.29, 1.82) is 0 Å². The van der Waals surface area contributed by atoms with Crippen LogP contribution in [0.4, 0.5) is 4.79 Å². The predicted molar refractivity (Wildman–Crippen MR) is 88.0 cm³/mol. The number of nitrogens with zero attached hydrogens (tertiary/aromatic N) is 1. The van der Waals surface area contributed by atoms with Crippen molar-refractivity contribution in [2.24, 2.45) is 5.73 Å². The summed E-state index contributed by atoms with van der Waals surface area (Å²) in [5, 5.41) is 12.7. The highest BCUT2D eigenvalue weighted by Gasteiger charge is 2.27. The molecule has 2 aromatic rings. The van der Waals surface area contributed by atoms with Crippen molar-refractivity contribution in [2.45, 2.75) is 38.8 Å². The summed E-state index contributed by atoms with van der Waals surface area (Å²) in [6, 6.07) is 8.01. The lowest BCUT2D eigenvalue weighted by molar-refractivity contribution is 0.0960. The lowest BCUT2D eigenvalue weighted by Crippen LogP contribution is -2.50. The van der Waals surface area contributed by atoms with Gasteiger partial charge in [0.05, 0.1) is 0 Å². The van der Waals surface area contributed by atoms with Crippen LogP contribution in [0.5, 0.6) is 0 Å². The number of carboxylic acid groups (broad SMARTS) is 1. The van der Waals surface area contributed by atoms with Gasteiger partial charge in [-0.15, -0.1) is 11.3 Å². The van der Waals surface area contributed by atoms with Gasteiger partial charge in [-0.05, 0) is 49.6 Å². The zero-order chi connectivity index (χ0) is 15.6. The van der Waals surface area contributed by atoms with Gasteiger partial charge in [0, 0.05) is 22.8 Å². The second-order valence-electron chi connectivity index (χ2n) is 6.29. The Hall–Kier alpha value is -1.59. The van der Waals surface area contributed by atoms with E-state index in [9.17, 15) is 9.90 Å². The second-order valence-corrected chi connectivity index (χ2v) is 7.20. The van der Waals surface area contributed by atoms with Gasteiger partial charge >= 0.3 is 6.09 Å². The molecule has 21 heavy (non-hydrogen) atoms. The van der Waals surface area contributed by atoms with Crippen molar-refractivity contribution in [3.63, 3.8) is 0 Å². The van der Waals surface area contributed by atoms with Gasteiger partial charge in [0.2, 0.25) is 0 Å². The van der Waals surface area contributed by atoms with Gasteiger partial charge < -0.3 is 15.7 Å². The minimum Gasteiger partial charge on any atom is -0.465 e. The lowest BCUT2D eigenvalue weighted by atomic mass is 10.0.